The first kappa shape index (κ1) is 74.3. The number of aliphatic hydroxyl groups excluding tert-OH is 27. The van der Waals surface area contributed by atoms with Crippen molar-refractivity contribution in [1.29, 1.82) is 0 Å². The number of hydrogen-bond acceptors (Lipinski definition) is 38. The highest BCUT2D eigenvalue weighted by atomic mass is 16.7. The molecule has 0 spiro atoms. The zero-order valence-corrected chi connectivity index (χ0v) is 42.5. The van der Waals surface area contributed by atoms with E-state index in [1.807, 2.05) is 0 Å². The first-order valence-electron chi connectivity index (χ1n) is 24.7. The van der Waals surface area contributed by atoms with Gasteiger partial charge in [0.2, 0.25) is 0 Å². The lowest BCUT2D eigenvalue weighted by Crippen LogP contribution is -2.69. The summed E-state index contributed by atoms with van der Waals surface area (Å²) in [5, 5.41) is 266. The number of carbonyl (C=O) groups excluding carboxylic acids is 1. The topological polar surface area (TPSA) is 695 Å². The molecule has 38 heteroatoms. The first-order valence-corrected chi connectivity index (χ1v) is 24.7. The number of carbonyl (C=O) groups is 1. The third-order valence-corrected chi connectivity index (χ3v) is 13.4. The molecule has 4 heterocycles. The summed E-state index contributed by atoms with van der Waals surface area (Å²) in [6, 6.07) is -5.39. The minimum Gasteiger partial charge on any atom is -0.394 e. The Balaban J connectivity index is 0.000000512. The Hall–Kier alpha value is -1.81. The van der Waals surface area contributed by atoms with E-state index in [9.17, 15) is 102 Å². The molecule has 32 unspecified atom stereocenters. The van der Waals surface area contributed by atoms with Crippen LogP contribution in [-0.2, 0) is 33.2 Å². The quantitative estimate of drug-likeness (QED) is 0.0340. The fourth-order valence-corrected chi connectivity index (χ4v) is 8.19. The zero-order valence-electron chi connectivity index (χ0n) is 42.5. The summed E-state index contributed by atoms with van der Waals surface area (Å²) in [6.07, 6.45) is -45.9. The molecule has 0 aliphatic carbocycles. The van der Waals surface area contributed by atoms with Crippen molar-refractivity contribution in [3.05, 3.63) is 0 Å². The van der Waals surface area contributed by atoms with E-state index < -0.39 is 255 Å². The van der Waals surface area contributed by atoms with Crippen LogP contribution in [0.3, 0.4) is 0 Å². The van der Waals surface area contributed by atoms with Crippen LogP contribution in [0.4, 0.5) is 0 Å². The highest BCUT2D eigenvalue weighted by Crippen LogP contribution is 2.30. The number of rotatable bonds is 27. The third-order valence-electron chi connectivity index (χ3n) is 13.4. The first-order chi connectivity index (χ1) is 37.5. The molecule has 38 nitrogen and oxygen atoms in total. The molecule has 0 bridgehead atoms. The van der Waals surface area contributed by atoms with E-state index in [0.29, 0.717) is 0 Å². The second kappa shape index (κ2) is 35.6. The predicted octanol–water partition coefficient (Wildman–Crippen LogP) is -20.2. The van der Waals surface area contributed by atoms with E-state index in [2.05, 4.69) is 10.6 Å². The predicted molar refractivity (Wildman–Crippen MR) is 252 cm³/mol. The largest absolute Gasteiger partial charge is 0.394 e. The Morgan fingerprint density at radius 2 is 0.762 bits per heavy atom. The van der Waals surface area contributed by atoms with E-state index in [1.165, 1.54) is 0 Å². The summed E-state index contributed by atoms with van der Waals surface area (Å²) in [5.41, 5.74) is 11.3. The van der Waals surface area contributed by atoms with Gasteiger partial charge in [0.1, 0.15) is 134 Å². The molecule has 32 atom stereocenters. The molecule has 0 saturated carbocycles. The summed E-state index contributed by atoms with van der Waals surface area (Å²) in [5.74, 6) is 0. The van der Waals surface area contributed by atoms with E-state index in [1.54, 1.807) is 0 Å². The maximum absolute atomic E-state index is 11.1. The molecule has 80 heavy (non-hydrogen) atoms. The average molecular weight is 1190 g/mol. The van der Waals surface area contributed by atoms with Crippen LogP contribution in [0.1, 0.15) is 0 Å². The number of hydrogen-bond donors (Lipinski definition) is 31. The fourth-order valence-electron chi connectivity index (χ4n) is 8.19. The third kappa shape index (κ3) is 19.6. The van der Waals surface area contributed by atoms with Crippen LogP contribution in [0.5, 0.6) is 0 Å². The van der Waals surface area contributed by atoms with Gasteiger partial charge in [-0.25, -0.2) is 0 Å². The highest BCUT2D eigenvalue weighted by Gasteiger charge is 2.52. The standard InChI is InChI=1S/C24H48N2O19.C12H24N2O9.C6H12O6/c27-3-9(33)17(37)15(35)7(31)1-25-13-21(41)22(12(6-30)43-23(13)42)45-24-14(20(40)19(39)11(5-29)44-24)26-2-8(32)16(36)18(38)10(34)4-28;13-5-9(19)10(4(2-16)21-11(5)20)23-12-6(14)8(18)7(17)3(1-15)22-12;7-1-3(9)5(11)6(12)4(10)2-8/h7-42H,1-6H2;3-12,15-20H,1-2,13-14H2;1,3-6,8-12H,2H2. The molecule has 0 aromatic rings. The zero-order chi connectivity index (χ0) is 61.2. The van der Waals surface area contributed by atoms with Crippen molar-refractivity contribution >= 4 is 6.29 Å². The maximum Gasteiger partial charge on any atom is 0.176 e. The number of aldehydes is 1. The second-order valence-corrected chi connectivity index (χ2v) is 19.1. The van der Waals surface area contributed by atoms with Crippen LogP contribution in [0.2, 0.25) is 0 Å². The molecular weight excluding hydrogens is 1100 g/mol. The van der Waals surface area contributed by atoms with Gasteiger partial charge >= 0.3 is 0 Å². The average Bonchev–Trinajstić information content (AvgIpc) is 3.47. The monoisotopic (exact) mass is 1190 g/mol. The van der Waals surface area contributed by atoms with Gasteiger partial charge in [-0.2, -0.15) is 0 Å². The van der Waals surface area contributed by atoms with E-state index >= 15 is 0 Å². The van der Waals surface area contributed by atoms with Crippen molar-refractivity contribution in [2.45, 2.75) is 196 Å². The smallest absolute Gasteiger partial charge is 0.176 e. The van der Waals surface area contributed by atoms with Crippen molar-refractivity contribution in [2.75, 3.05) is 59.3 Å². The molecule has 0 radical (unpaired) electrons. The molecule has 4 fully saturated rings. The highest BCUT2D eigenvalue weighted by molar-refractivity contribution is 5.56. The van der Waals surface area contributed by atoms with Gasteiger partial charge in [-0.05, 0) is 0 Å². The molecule has 476 valence electrons. The molecule has 4 saturated heterocycles. The van der Waals surface area contributed by atoms with Crippen molar-refractivity contribution in [3.63, 3.8) is 0 Å². The molecule has 0 amide bonds. The van der Waals surface area contributed by atoms with E-state index in [-0.39, 0.29) is 6.29 Å². The van der Waals surface area contributed by atoms with Gasteiger partial charge in [0, 0.05) is 13.1 Å². The molecule has 4 rings (SSSR count). The fraction of sp³-hybridized carbons (Fsp3) is 0.976. The van der Waals surface area contributed by atoms with E-state index in [0.717, 1.165) is 0 Å². The molecular formula is C42H84N4O34. The van der Waals surface area contributed by atoms with Gasteiger partial charge in [0.15, 0.2) is 31.4 Å². The van der Waals surface area contributed by atoms with Gasteiger partial charge in [0.25, 0.3) is 0 Å². The SMILES string of the molecule is NC1C(OC2C(CO)OC(O)C(N)C2O)OC(CO)C(O)C1O.O=CC(O)C(O)C(O)C(O)CO.OCC(O)C(O)C(O)C(O)CNC1C(O)OC(CO)C(OC2OC(CO)C(O)C(O)C2NCC(O)C(O)C(O)C(O)CO)C1O. The Morgan fingerprint density at radius 1 is 0.400 bits per heavy atom. The van der Waals surface area contributed by atoms with Crippen LogP contribution in [0.25, 0.3) is 0 Å². The van der Waals surface area contributed by atoms with Gasteiger partial charge in [-0.15, -0.1) is 0 Å². The summed E-state index contributed by atoms with van der Waals surface area (Å²) in [7, 11) is 0. The number of nitrogens with one attached hydrogen (secondary N) is 2. The molecule has 4 aliphatic heterocycles. The van der Waals surface area contributed by atoms with Gasteiger partial charge < -0.3 is 193 Å². The Kier molecular flexibility index (Phi) is 33.1. The number of ether oxygens (including phenoxy) is 6. The van der Waals surface area contributed by atoms with Crippen LogP contribution in [0.15, 0.2) is 0 Å². The van der Waals surface area contributed by atoms with Crippen molar-refractivity contribution < 1.29 is 171 Å². The Labute approximate surface area is 454 Å². The van der Waals surface area contributed by atoms with Crippen molar-refractivity contribution in [3.8, 4) is 0 Å². The van der Waals surface area contributed by atoms with E-state index in [4.69, 9.17) is 80.7 Å². The van der Waals surface area contributed by atoms with Gasteiger partial charge in [0.05, 0.1) is 82.6 Å². The summed E-state index contributed by atoms with van der Waals surface area (Å²) < 4.78 is 32.4. The lowest BCUT2D eigenvalue weighted by molar-refractivity contribution is -0.329. The van der Waals surface area contributed by atoms with Crippen LogP contribution < -0.4 is 22.1 Å². The minimum absolute atomic E-state index is 0.0258. The van der Waals surface area contributed by atoms with Gasteiger partial charge in [-0.1, -0.05) is 0 Å². The van der Waals surface area contributed by atoms with Crippen LogP contribution >= 0.6 is 0 Å². The number of aliphatic hydroxyl groups is 27. The normalized spacial score (nSPS) is 39.5. The summed E-state index contributed by atoms with van der Waals surface area (Å²) in [6.45, 7) is -6.75. The summed E-state index contributed by atoms with van der Waals surface area (Å²) >= 11 is 0. The minimum atomic E-state index is -2.00. The van der Waals surface area contributed by atoms with Crippen LogP contribution in [-0.4, -0.2) is 399 Å². The summed E-state index contributed by atoms with van der Waals surface area (Å²) in [4.78, 5) is 9.90. The Morgan fingerprint density at radius 3 is 1.19 bits per heavy atom. The molecule has 4 aliphatic rings. The number of nitrogens with two attached hydrogens (primary N) is 2. The van der Waals surface area contributed by atoms with Crippen molar-refractivity contribution in [2.24, 2.45) is 11.5 Å². The van der Waals surface area contributed by atoms with Crippen molar-refractivity contribution in [1.82, 2.24) is 10.6 Å². The lowest BCUT2D eigenvalue weighted by Gasteiger charge is -2.48. The lowest BCUT2D eigenvalue weighted by atomic mass is 9.94. The molecule has 0 aromatic heterocycles. The maximum atomic E-state index is 11.1. The van der Waals surface area contributed by atoms with Crippen LogP contribution in [0, 0.1) is 0 Å². The molecule has 0 aromatic carbocycles. The van der Waals surface area contributed by atoms with Gasteiger partial charge in [-0.3, -0.25) is 0 Å². The Bertz CT molecular complexity index is 1680. The molecule has 33 N–H and O–H groups in total. The second-order valence-electron chi connectivity index (χ2n) is 19.1.